The lowest BCUT2D eigenvalue weighted by atomic mass is 9.54. The Morgan fingerprint density at radius 3 is 2.62 bits per heavy atom. The molecule has 1 spiro atoms. The number of Topliss-reactive ketones (excluding diaryl/α,β-unsaturated/α-hetero) is 1. The second-order valence-corrected chi connectivity index (χ2v) is 15.5. The number of aromatic nitrogens is 2. The lowest BCUT2D eigenvalue weighted by Crippen LogP contribution is -2.50. The number of nitrogens with one attached hydrogen (secondary N) is 1. The third-order valence-electron chi connectivity index (χ3n) is 11.8. The lowest BCUT2D eigenvalue weighted by molar-refractivity contribution is -0.132. The van der Waals surface area contributed by atoms with Gasteiger partial charge in [0.2, 0.25) is 5.91 Å². The maximum atomic E-state index is 13.6. The molecule has 11 nitrogen and oxygen atoms in total. The zero-order chi connectivity index (χ0) is 34.2. The first-order chi connectivity index (χ1) is 24.3. The molecule has 1 saturated heterocycles. The van der Waals surface area contributed by atoms with Gasteiger partial charge in [-0.05, 0) is 99.1 Å². The Balaban J connectivity index is 0.857. The highest BCUT2D eigenvalue weighted by atomic mass is 16.5. The number of aryl methyl sites for hydroxylation is 1. The predicted molar refractivity (Wildman–Crippen MR) is 189 cm³/mol. The Morgan fingerprint density at radius 1 is 1.08 bits per heavy atom. The van der Waals surface area contributed by atoms with Crippen LogP contribution in [0.15, 0.2) is 41.1 Å². The number of oxazole rings is 1. The van der Waals surface area contributed by atoms with E-state index in [4.69, 9.17) is 14.1 Å². The zero-order valence-electron chi connectivity index (χ0n) is 29.2. The van der Waals surface area contributed by atoms with Crippen molar-refractivity contribution >= 4 is 23.3 Å². The fourth-order valence-corrected chi connectivity index (χ4v) is 8.32. The molecule has 5 aliphatic rings. The Kier molecular flexibility index (Phi) is 9.28. The summed E-state index contributed by atoms with van der Waals surface area (Å²) < 4.78 is 11.3. The van der Waals surface area contributed by atoms with Crippen LogP contribution in [0, 0.1) is 18.3 Å². The maximum Gasteiger partial charge on any atom is 0.225 e. The molecule has 11 heteroatoms. The molecular formula is C39H50N6O5. The van der Waals surface area contributed by atoms with Gasteiger partial charge in [0.15, 0.2) is 17.9 Å². The highest BCUT2D eigenvalue weighted by Gasteiger charge is 2.48. The molecule has 266 valence electrons. The van der Waals surface area contributed by atoms with Gasteiger partial charge in [0.1, 0.15) is 24.0 Å². The van der Waals surface area contributed by atoms with E-state index < -0.39 is 6.10 Å². The van der Waals surface area contributed by atoms with Crippen molar-refractivity contribution in [3.8, 4) is 5.75 Å². The van der Waals surface area contributed by atoms with Crippen LogP contribution in [-0.2, 0) is 24.4 Å². The summed E-state index contributed by atoms with van der Waals surface area (Å²) in [4.78, 5) is 41.9. The number of benzene rings is 1. The highest BCUT2D eigenvalue weighted by Crippen LogP contribution is 2.56. The average Bonchev–Trinajstić information content (AvgIpc) is 3.87. The minimum absolute atomic E-state index is 0.0272. The molecule has 1 aromatic carbocycles. The van der Waals surface area contributed by atoms with Crippen LogP contribution in [0.1, 0.15) is 90.7 Å². The van der Waals surface area contributed by atoms with Crippen molar-refractivity contribution in [3.05, 3.63) is 64.9 Å². The molecule has 50 heavy (non-hydrogen) atoms. The minimum Gasteiger partial charge on any atom is -0.486 e. The molecule has 3 aromatic rings. The lowest BCUT2D eigenvalue weighted by Gasteiger charge is -2.54. The van der Waals surface area contributed by atoms with Crippen molar-refractivity contribution in [2.75, 3.05) is 49.5 Å². The summed E-state index contributed by atoms with van der Waals surface area (Å²) in [6.45, 7) is 7.18. The number of β-amino-alcohol motifs (C(OH)–C–C–N with tert-alkyl or cyclic N) is 1. The van der Waals surface area contributed by atoms with Gasteiger partial charge in [0.25, 0.3) is 0 Å². The van der Waals surface area contributed by atoms with E-state index in [0.717, 1.165) is 61.2 Å². The summed E-state index contributed by atoms with van der Waals surface area (Å²) in [6, 6.07) is 10.4. The Hall–Kier alpha value is -3.96. The molecule has 0 unspecified atom stereocenters. The second kappa shape index (κ2) is 14.0. The first kappa shape index (κ1) is 33.2. The first-order valence-corrected chi connectivity index (χ1v) is 18.7. The van der Waals surface area contributed by atoms with Crippen LogP contribution in [0.25, 0.3) is 0 Å². The molecule has 8 rings (SSSR count). The summed E-state index contributed by atoms with van der Waals surface area (Å²) in [5.74, 6) is 3.65. The number of nitrogens with zero attached hydrogens (tertiary/aromatic N) is 5. The molecule has 3 aliphatic carbocycles. The van der Waals surface area contributed by atoms with E-state index in [1.54, 1.807) is 0 Å². The number of anilines is 2. The molecule has 2 aliphatic heterocycles. The third kappa shape index (κ3) is 7.39. The van der Waals surface area contributed by atoms with Crippen molar-refractivity contribution in [3.63, 3.8) is 0 Å². The average molecular weight is 683 g/mol. The summed E-state index contributed by atoms with van der Waals surface area (Å²) in [6.07, 6.45) is 10.8. The van der Waals surface area contributed by atoms with Crippen LogP contribution >= 0.6 is 0 Å². The van der Waals surface area contributed by atoms with Crippen LogP contribution in [0.2, 0.25) is 0 Å². The fourth-order valence-electron chi connectivity index (χ4n) is 8.32. The Bertz CT molecular complexity index is 1700. The predicted octanol–water partition coefficient (Wildman–Crippen LogP) is 5.14. The largest absolute Gasteiger partial charge is 0.486 e. The number of amides is 1. The van der Waals surface area contributed by atoms with Gasteiger partial charge in [-0.2, -0.15) is 0 Å². The van der Waals surface area contributed by atoms with Crippen LogP contribution in [0.3, 0.4) is 0 Å². The van der Waals surface area contributed by atoms with Crippen LogP contribution in [0.4, 0.5) is 11.6 Å². The molecule has 2 N–H and O–H groups in total. The van der Waals surface area contributed by atoms with E-state index in [1.807, 2.05) is 30.0 Å². The molecule has 1 amide bonds. The van der Waals surface area contributed by atoms with Crippen molar-refractivity contribution < 1.29 is 23.8 Å². The minimum atomic E-state index is -0.599. The standard InChI is InChI=1S/C39H50N6O5/c1-26-35(50-25-40-26)24-49-33-7-5-29-22-43(12-9-28(29)17-33)23-32(46)6-8-34(47)30-18-36(41-31-20-39(21-31)10-2-11-39)42-37(19-30)44-13-15-45(16-14-44)38(48)27-3-4-27/h5,7,17-19,25,27,31-32,46H,2-4,6,8-16,20-24H2,1H3,(H,41,42)/t32-/m0/s1. The number of ether oxygens (including phenoxy) is 1. The van der Waals surface area contributed by atoms with E-state index in [-0.39, 0.29) is 18.1 Å². The van der Waals surface area contributed by atoms with Gasteiger partial charge in [-0.3, -0.25) is 14.5 Å². The number of aliphatic hydroxyl groups excluding tert-OH is 1. The van der Waals surface area contributed by atoms with Gasteiger partial charge >= 0.3 is 0 Å². The summed E-state index contributed by atoms with van der Waals surface area (Å²) in [7, 11) is 0. The fraction of sp³-hybridized carbons (Fsp3) is 0.590. The molecule has 0 radical (unpaired) electrons. The monoisotopic (exact) mass is 682 g/mol. The second-order valence-electron chi connectivity index (χ2n) is 15.5. The van der Waals surface area contributed by atoms with E-state index >= 15 is 0 Å². The van der Waals surface area contributed by atoms with E-state index in [1.165, 1.54) is 49.6 Å². The summed E-state index contributed by atoms with van der Waals surface area (Å²) in [5, 5.41) is 14.7. The van der Waals surface area contributed by atoms with Crippen molar-refractivity contribution in [1.82, 2.24) is 19.8 Å². The number of piperazine rings is 1. The number of hydrogen-bond acceptors (Lipinski definition) is 10. The van der Waals surface area contributed by atoms with Gasteiger partial charge in [0, 0.05) is 69.8 Å². The quantitative estimate of drug-likeness (QED) is 0.234. The molecule has 4 fully saturated rings. The Morgan fingerprint density at radius 2 is 1.90 bits per heavy atom. The molecule has 2 aromatic heterocycles. The SMILES string of the molecule is Cc1ncoc1COc1ccc2c(c1)CCN(C[C@@H](O)CCC(=O)c1cc(NC3CC4(CCC4)C3)nc(N3CCN(C(=O)C4CC4)CC3)c1)C2. The topological polar surface area (TPSA) is 124 Å². The van der Waals surface area contributed by atoms with Gasteiger partial charge < -0.3 is 29.4 Å². The maximum absolute atomic E-state index is 13.6. The van der Waals surface area contributed by atoms with Crippen LogP contribution in [-0.4, -0.2) is 88.0 Å². The number of ketones is 1. The van der Waals surface area contributed by atoms with Crippen molar-refractivity contribution in [2.45, 2.75) is 96.4 Å². The first-order valence-electron chi connectivity index (χ1n) is 18.7. The number of carbonyl (C=O) groups excluding carboxylic acids is 2. The van der Waals surface area contributed by atoms with E-state index in [2.05, 4.69) is 32.2 Å². The highest BCUT2D eigenvalue weighted by molar-refractivity contribution is 5.97. The molecule has 1 atom stereocenters. The molecular weight excluding hydrogens is 632 g/mol. The van der Waals surface area contributed by atoms with Gasteiger partial charge in [-0.25, -0.2) is 9.97 Å². The van der Waals surface area contributed by atoms with Crippen LogP contribution in [0.5, 0.6) is 5.75 Å². The van der Waals surface area contributed by atoms with Crippen molar-refractivity contribution in [2.24, 2.45) is 11.3 Å². The number of fused-ring (bicyclic) bond motifs is 1. The summed E-state index contributed by atoms with van der Waals surface area (Å²) >= 11 is 0. The van der Waals surface area contributed by atoms with E-state index in [0.29, 0.717) is 68.7 Å². The Labute approximate surface area is 294 Å². The third-order valence-corrected chi connectivity index (χ3v) is 11.8. The zero-order valence-corrected chi connectivity index (χ0v) is 29.2. The number of rotatable bonds is 13. The normalized spacial score (nSPS) is 20.9. The van der Waals surface area contributed by atoms with Crippen molar-refractivity contribution in [1.29, 1.82) is 0 Å². The smallest absolute Gasteiger partial charge is 0.225 e. The van der Waals surface area contributed by atoms with Gasteiger partial charge in [-0.15, -0.1) is 0 Å². The number of hydrogen-bond donors (Lipinski definition) is 2. The number of carbonyl (C=O) groups is 2. The molecule has 0 bridgehead atoms. The molecule has 3 saturated carbocycles. The van der Waals surface area contributed by atoms with Crippen LogP contribution < -0.4 is 15.0 Å². The van der Waals surface area contributed by atoms with Gasteiger partial charge in [-0.1, -0.05) is 12.5 Å². The van der Waals surface area contributed by atoms with E-state index in [9.17, 15) is 14.7 Å². The van der Waals surface area contributed by atoms with Gasteiger partial charge in [0.05, 0.1) is 11.8 Å². The number of aliphatic hydroxyl groups is 1. The summed E-state index contributed by atoms with van der Waals surface area (Å²) in [5.41, 5.74) is 4.52. The number of pyridine rings is 1. The molecule has 4 heterocycles.